The van der Waals surface area contributed by atoms with Gasteiger partial charge >= 0.3 is 0 Å². The molecule has 0 aliphatic carbocycles. The summed E-state index contributed by atoms with van der Waals surface area (Å²) in [6, 6.07) is 14.5. The summed E-state index contributed by atoms with van der Waals surface area (Å²) in [6.45, 7) is 0. The first-order chi connectivity index (χ1) is 10.8. The maximum atomic E-state index is 13.7. The molecule has 0 atom stereocenters. The van der Waals surface area contributed by atoms with Gasteiger partial charge in [-0.3, -0.25) is 10.9 Å². The summed E-state index contributed by atoms with van der Waals surface area (Å²) in [6.07, 6.45) is 0. The number of halogens is 1. The fraction of sp³-hybridized carbons (Fsp3) is 0.0625. The highest BCUT2D eigenvalue weighted by molar-refractivity contribution is 7.14. The van der Waals surface area contributed by atoms with Gasteiger partial charge in [-0.1, -0.05) is 18.2 Å². The molecule has 4 nitrogen and oxygen atoms in total. The predicted molar refractivity (Wildman–Crippen MR) is 87.7 cm³/mol. The van der Waals surface area contributed by atoms with E-state index in [4.69, 9.17) is 4.74 Å². The number of thiazole rings is 1. The van der Waals surface area contributed by atoms with Crippen molar-refractivity contribution in [3.8, 4) is 17.0 Å². The lowest BCUT2D eigenvalue weighted by molar-refractivity contribution is 0.386. The second-order valence-electron chi connectivity index (χ2n) is 4.50. The number of hydrogen-bond donors (Lipinski definition) is 2. The van der Waals surface area contributed by atoms with E-state index in [1.54, 1.807) is 12.1 Å². The van der Waals surface area contributed by atoms with E-state index in [1.807, 2.05) is 35.7 Å². The lowest BCUT2D eigenvalue weighted by Crippen LogP contribution is -2.07. The molecule has 0 saturated heterocycles. The van der Waals surface area contributed by atoms with Crippen LogP contribution in [0.1, 0.15) is 0 Å². The van der Waals surface area contributed by atoms with E-state index in [0.29, 0.717) is 16.4 Å². The molecule has 3 aromatic rings. The fourth-order valence-corrected chi connectivity index (χ4v) is 2.61. The van der Waals surface area contributed by atoms with Gasteiger partial charge in [-0.05, 0) is 30.3 Å². The molecule has 3 rings (SSSR count). The molecule has 1 aromatic heterocycles. The van der Waals surface area contributed by atoms with Crippen LogP contribution >= 0.6 is 11.3 Å². The van der Waals surface area contributed by atoms with Crippen LogP contribution in [0.2, 0.25) is 0 Å². The molecule has 2 aromatic carbocycles. The zero-order chi connectivity index (χ0) is 15.4. The number of nitrogens with one attached hydrogen (secondary N) is 2. The Balaban J connectivity index is 1.72. The van der Waals surface area contributed by atoms with Crippen molar-refractivity contribution in [2.24, 2.45) is 0 Å². The summed E-state index contributed by atoms with van der Waals surface area (Å²) in [7, 11) is 1.44. The zero-order valence-corrected chi connectivity index (χ0v) is 12.7. The third-order valence-corrected chi connectivity index (χ3v) is 3.80. The van der Waals surface area contributed by atoms with Crippen LogP contribution in [-0.4, -0.2) is 12.1 Å². The molecule has 0 aliphatic heterocycles. The van der Waals surface area contributed by atoms with Gasteiger partial charge < -0.3 is 4.74 Å². The maximum Gasteiger partial charge on any atom is 0.202 e. The molecule has 0 saturated carbocycles. The summed E-state index contributed by atoms with van der Waals surface area (Å²) >= 11 is 1.44. The number of aromatic nitrogens is 1. The van der Waals surface area contributed by atoms with Crippen molar-refractivity contribution in [1.82, 2.24) is 4.98 Å². The predicted octanol–water partition coefficient (Wildman–Crippen LogP) is 4.40. The molecule has 112 valence electrons. The number of ether oxygens (including phenoxy) is 1. The van der Waals surface area contributed by atoms with E-state index in [-0.39, 0.29) is 5.75 Å². The van der Waals surface area contributed by atoms with Crippen LogP contribution in [0.5, 0.6) is 5.75 Å². The first-order valence-electron chi connectivity index (χ1n) is 6.63. The third kappa shape index (κ3) is 3.17. The van der Waals surface area contributed by atoms with Gasteiger partial charge in [-0.15, -0.1) is 11.3 Å². The molecular weight excluding hydrogens is 301 g/mol. The number of rotatable bonds is 5. The van der Waals surface area contributed by atoms with E-state index in [9.17, 15) is 4.39 Å². The summed E-state index contributed by atoms with van der Waals surface area (Å²) in [5.74, 6) is -0.173. The second kappa shape index (κ2) is 6.44. The highest BCUT2D eigenvalue weighted by atomic mass is 32.1. The van der Waals surface area contributed by atoms with Gasteiger partial charge in [0.1, 0.15) is 0 Å². The molecule has 1 heterocycles. The third-order valence-electron chi connectivity index (χ3n) is 3.04. The van der Waals surface area contributed by atoms with Gasteiger partial charge in [-0.25, -0.2) is 9.37 Å². The van der Waals surface area contributed by atoms with Crippen LogP contribution in [0.15, 0.2) is 53.9 Å². The van der Waals surface area contributed by atoms with Crippen LogP contribution < -0.4 is 15.6 Å². The number of methoxy groups -OCH3 is 1. The number of benzene rings is 2. The molecule has 0 fully saturated rings. The van der Waals surface area contributed by atoms with Crippen LogP contribution in [0.25, 0.3) is 11.3 Å². The Hall–Kier alpha value is -2.60. The molecule has 0 unspecified atom stereocenters. The largest absolute Gasteiger partial charge is 0.494 e. The average molecular weight is 315 g/mol. The van der Waals surface area contributed by atoms with Crippen LogP contribution in [0.3, 0.4) is 0 Å². The zero-order valence-electron chi connectivity index (χ0n) is 11.8. The lowest BCUT2D eigenvalue weighted by Gasteiger charge is -2.06. The molecule has 0 spiro atoms. The monoisotopic (exact) mass is 315 g/mol. The first kappa shape index (κ1) is 14.3. The van der Waals surface area contributed by atoms with Crippen LogP contribution in [0, 0.1) is 5.82 Å². The van der Waals surface area contributed by atoms with E-state index in [0.717, 1.165) is 5.69 Å². The van der Waals surface area contributed by atoms with Crippen LogP contribution in [-0.2, 0) is 0 Å². The van der Waals surface area contributed by atoms with Crippen molar-refractivity contribution >= 4 is 22.2 Å². The molecule has 0 aliphatic rings. The standard InChI is InChI=1S/C16H14FN3OS/c1-21-15-8-7-11(9-13(15)17)14-10-22-16(18-14)20-19-12-5-3-2-4-6-12/h2-10,19H,1H3,(H,18,20). The summed E-state index contributed by atoms with van der Waals surface area (Å²) in [4.78, 5) is 4.43. The second-order valence-corrected chi connectivity index (χ2v) is 5.36. The van der Waals surface area contributed by atoms with Gasteiger partial charge in [0, 0.05) is 10.9 Å². The molecule has 2 N–H and O–H groups in total. The Labute approximate surface area is 131 Å². The van der Waals surface area contributed by atoms with Gasteiger partial charge in [0.25, 0.3) is 0 Å². The Morgan fingerprint density at radius 3 is 2.64 bits per heavy atom. The first-order valence-corrected chi connectivity index (χ1v) is 7.51. The van der Waals surface area contributed by atoms with E-state index >= 15 is 0 Å². The number of anilines is 2. The maximum absolute atomic E-state index is 13.7. The van der Waals surface area contributed by atoms with Crippen LogP contribution in [0.4, 0.5) is 15.2 Å². The number of hydrazine groups is 1. The lowest BCUT2D eigenvalue weighted by atomic mass is 10.1. The summed E-state index contributed by atoms with van der Waals surface area (Å²) in [5, 5.41) is 2.58. The highest BCUT2D eigenvalue weighted by Crippen LogP contribution is 2.28. The molecule has 0 radical (unpaired) electrons. The fourth-order valence-electron chi connectivity index (χ4n) is 1.94. The molecule has 0 bridgehead atoms. The Kier molecular flexibility index (Phi) is 4.20. The van der Waals surface area contributed by atoms with E-state index < -0.39 is 5.82 Å². The average Bonchev–Trinajstić information content (AvgIpc) is 3.03. The van der Waals surface area contributed by atoms with Gasteiger partial charge in [0.2, 0.25) is 5.13 Å². The Morgan fingerprint density at radius 1 is 1.09 bits per heavy atom. The summed E-state index contributed by atoms with van der Waals surface area (Å²) < 4.78 is 18.6. The van der Waals surface area contributed by atoms with Crippen molar-refractivity contribution in [1.29, 1.82) is 0 Å². The number of nitrogens with zero attached hydrogens (tertiary/aromatic N) is 1. The highest BCUT2D eigenvalue weighted by Gasteiger charge is 2.08. The molecule has 0 amide bonds. The van der Waals surface area contributed by atoms with Crippen molar-refractivity contribution in [2.75, 3.05) is 18.0 Å². The Bertz CT molecular complexity index is 761. The smallest absolute Gasteiger partial charge is 0.202 e. The molecular formula is C16H14FN3OS. The van der Waals surface area contributed by atoms with Gasteiger partial charge in [0.15, 0.2) is 11.6 Å². The SMILES string of the molecule is COc1ccc(-c2csc(NNc3ccccc3)n2)cc1F. The number of para-hydroxylation sites is 1. The van der Waals surface area contributed by atoms with Crippen molar-refractivity contribution in [2.45, 2.75) is 0 Å². The van der Waals surface area contributed by atoms with Gasteiger partial charge in [-0.2, -0.15) is 0 Å². The Morgan fingerprint density at radius 2 is 1.91 bits per heavy atom. The van der Waals surface area contributed by atoms with Crippen molar-refractivity contribution in [3.63, 3.8) is 0 Å². The quantitative estimate of drug-likeness (QED) is 0.685. The minimum absolute atomic E-state index is 0.225. The summed E-state index contributed by atoms with van der Waals surface area (Å²) in [5.41, 5.74) is 8.45. The van der Waals surface area contributed by atoms with Crippen molar-refractivity contribution < 1.29 is 9.13 Å². The van der Waals surface area contributed by atoms with E-state index in [1.165, 1.54) is 24.5 Å². The van der Waals surface area contributed by atoms with Crippen molar-refractivity contribution in [3.05, 3.63) is 59.7 Å². The van der Waals surface area contributed by atoms with Gasteiger partial charge in [0.05, 0.1) is 18.5 Å². The van der Waals surface area contributed by atoms with E-state index in [2.05, 4.69) is 15.8 Å². The minimum Gasteiger partial charge on any atom is -0.494 e. The topological polar surface area (TPSA) is 46.2 Å². The molecule has 22 heavy (non-hydrogen) atoms. The molecule has 6 heteroatoms. The normalized spacial score (nSPS) is 10.3. The number of hydrogen-bond acceptors (Lipinski definition) is 5. The minimum atomic E-state index is -0.398.